The predicted molar refractivity (Wildman–Crippen MR) is 89.7 cm³/mol. The molecule has 3 aromatic rings. The van der Waals surface area contributed by atoms with Gasteiger partial charge >= 0.3 is 6.03 Å². The fourth-order valence-electron chi connectivity index (χ4n) is 2.53. The molecule has 2 amide bonds. The summed E-state index contributed by atoms with van der Waals surface area (Å²) in [6.07, 6.45) is 1.65. The van der Waals surface area contributed by atoms with Gasteiger partial charge in [-0.05, 0) is 50.2 Å². The van der Waals surface area contributed by atoms with Crippen molar-refractivity contribution in [3.05, 3.63) is 65.7 Å². The highest BCUT2D eigenvalue weighted by Gasteiger charge is 2.06. The molecule has 23 heavy (non-hydrogen) atoms. The predicted octanol–water partition coefficient (Wildman–Crippen LogP) is 3.14. The monoisotopic (exact) mass is 309 g/mol. The normalized spacial score (nSPS) is 10.5. The van der Waals surface area contributed by atoms with E-state index in [0.717, 1.165) is 28.5 Å². The Hall–Kier alpha value is -3.02. The topological polar surface area (TPSA) is 74.7 Å². The van der Waals surface area contributed by atoms with Gasteiger partial charge < -0.3 is 15.2 Å². The quantitative estimate of drug-likeness (QED) is 0.692. The molecule has 3 rings (SSSR count). The van der Waals surface area contributed by atoms with E-state index in [9.17, 15) is 4.79 Å². The Labute approximate surface area is 134 Å². The number of urea groups is 1. The molecular weight excluding hydrogens is 290 g/mol. The third-order valence-electron chi connectivity index (χ3n) is 3.63. The highest BCUT2D eigenvalue weighted by Crippen LogP contribution is 2.19. The molecular formula is C17H19N5O. The number of nitrogens with zero attached hydrogens (tertiary/aromatic N) is 2. The second-order valence-electron chi connectivity index (χ2n) is 5.39. The standard InChI is InChI=1S/C17H19N5O/c1-12-6-7-13(2)22(12)16-5-3-4-14(10-16)20-17(23)18-11-15-8-9-19-21-15/h3-10H,11H2,1-2H3,(H,19,21)(H2,18,20,23). The van der Waals surface area contributed by atoms with Gasteiger partial charge in [0.25, 0.3) is 0 Å². The molecule has 0 aliphatic rings. The van der Waals surface area contributed by atoms with Crippen LogP contribution in [-0.2, 0) is 6.54 Å². The molecule has 0 radical (unpaired) electrons. The number of amides is 2. The summed E-state index contributed by atoms with van der Waals surface area (Å²) in [5, 5.41) is 12.3. The van der Waals surface area contributed by atoms with E-state index in [1.54, 1.807) is 6.20 Å². The van der Waals surface area contributed by atoms with Crippen molar-refractivity contribution < 1.29 is 4.79 Å². The van der Waals surface area contributed by atoms with Gasteiger partial charge in [-0.25, -0.2) is 4.79 Å². The number of aromatic amines is 1. The zero-order chi connectivity index (χ0) is 16.2. The summed E-state index contributed by atoms with van der Waals surface area (Å²) in [5.41, 5.74) is 4.94. The first kappa shape index (κ1) is 14.9. The summed E-state index contributed by atoms with van der Waals surface area (Å²) in [6.45, 7) is 4.52. The first-order valence-electron chi connectivity index (χ1n) is 7.42. The minimum atomic E-state index is -0.252. The molecule has 0 bridgehead atoms. The molecule has 1 aromatic carbocycles. The molecule has 0 aliphatic carbocycles. The lowest BCUT2D eigenvalue weighted by molar-refractivity contribution is 0.251. The summed E-state index contributed by atoms with van der Waals surface area (Å²) in [6, 6.07) is 13.5. The lowest BCUT2D eigenvalue weighted by atomic mass is 10.2. The number of nitrogens with one attached hydrogen (secondary N) is 3. The zero-order valence-corrected chi connectivity index (χ0v) is 13.1. The van der Waals surface area contributed by atoms with Crippen LogP contribution in [0.25, 0.3) is 5.69 Å². The molecule has 0 unspecified atom stereocenters. The molecule has 0 fully saturated rings. The second kappa shape index (κ2) is 6.39. The maximum Gasteiger partial charge on any atom is 0.319 e. The number of aromatic nitrogens is 3. The number of carbonyl (C=O) groups excluding carboxylic acids is 1. The SMILES string of the molecule is Cc1ccc(C)n1-c1cccc(NC(=O)NCc2ccn[nH]2)c1. The number of anilines is 1. The van der Waals surface area contributed by atoms with Crippen LogP contribution in [0.5, 0.6) is 0 Å². The minimum Gasteiger partial charge on any atom is -0.332 e. The number of benzene rings is 1. The first-order valence-corrected chi connectivity index (χ1v) is 7.42. The number of hydrogen-bond acceptors (Lipinski definition) is 2. The molecule has 0 spiro atoms. The Morgan fingerprint density at radius 1 is 1.17 bits per heavy atom. The highest BCUT2D eigenvalue weighted by atomic mass is 16.2. The Morgan fingerprint density at radius 2 is 1.96 bits per heavy atom. The van der Waals surface area contributed by atoms with Gasteiger partial charge in [-0.3, -0.25) is 5.10 Å². The van der Waals surface area contributed by atoms with Crippen LogP contribution < -0.4 is 10.6 Å². The van der Waals surface area contributed by atoms with Crippen molar-refractivity contribution in [3.63, 3.8) is 0 Å². The fourth-order valence-corrected chi connectivity index (χ4v) is 2.53. The maximum absolute atomic E-state index is 12.0. The lowest BCUT2D eigenvalue weighted by Gasteiger charge is -2.12. The molecule has 2 heterocycles. The number of rotatable bonds is 4. The summed E-state index contributed by atoms with van der Waals surface area (Å²) < 4.78 is 2.15. The van der Waals surface area contributed by atoms with Gasteiger partial charge in [-0.1, -0.05) is 6.07 Å². The van der Waals surface area contributed by atoms with Crippen molar-refractivity contribution in [3.8, 4) is 5.69 Å². The van der Waals surface area contributed by atoms with Crippen LogP contribution in [0.15, 0.2) is 48.7 Å². The van der Waals surface area contributed by atoms with Crippen molar-refractivity contribution in [1.82, 2.24) is 20.1 Å². The van der Waals surface area contributed by atoms with E-state index in [1.807, 2.05) is 30.3 Å². The summed E-state index contributed by atoms with van der Waals surface area (Å²) in [7, 11) is 0. The van der Waals surface area contributed by atoms with E-state index in [1.165, 1.54) is 0 Å². The van der Waals surface area contributed by atoms with Crippen molar-refractivity contribution in [2.75, 3.05) is 5.32 Å². The van der Waals surface area contributed by atoms with Gasteiger partial charge in [0.05, 0.1) is 12.2 Å². The average molecular weight is 309 g/mol. The first-order chi connectivity index (χ1) is 11.1. The summed E-state index contributed by atoms with van der Waals surface area (Å²) >= 11 is 0. The Kier molecular flexibility index (Phi) is 4.14. The Balaban J connectivity index is 1.69. The lowest BCUT2D eigenvalue weighted by Crippen LogP contribution is -2.28. The van der Waals surface area contributed by atoms with E-state index < -0.39 is 0 Å². The third-order valence-corrected chi connectivity index (χ3v) is 3.63. The molecule has 118 valence electrons. The van der Waals surface area contributed by atoms with Gasteiger partial charge in [-0.2, -0.15) is 5.10 Å². The minimum absolute atomic E-state index is 0.252. The van der Waals surface area contributed by atoms with Crippen LogP contribution in [0.3, 0.4) is 0 Å². The van der Waals surface area contributed by atoms with Gasteiger partial charge in [0.15, 0.2) is 0 Å². The van der Waals surface area contributed by atoms with Crippen molar-refractivity contribution in [2.45, 2.75) is 20.4 Å². The summed E-state index contributed by atoms with van der Waals surface area (Å²) in [5.74, 6) is 0. The molecule has 3 N–H and O–H groups in total. The van der Waals surface area contributed by atoms with Crippen LogP contribution in [0.2, 0.25) is 0 Å². The van der Waals surface area contributed by atoms with E-state index >= 15 is 0 Å². The van der Waals surface area contributed by atoms with Gasteiger partial charge in [0, 0.05) is 29.0 Å². The largest absolute Gasteiger partial charge is 0.332 e. The maximum atomic E-state index is 12.0. The smallest absolute Gasteiger partial charge is 0.319 e. The van der Waals surface area contributed by atoms with E-state index in [2.05, 4.69) is 51.4 Å². The third kappa shape index (κ3) is 3.42. The zero-order valence-electron chi connectivity index (χ0n) is 13.1. The van der Waals surface area contributed by atoms with Crippen molar-refractivity contribution >= 4 is 11.7 Å². The van der Waals surface area contributed by atoms with Crippen LogP contribution in [0, 0.1) is 13.8 Å². The molecule has 0 aliphatic heterocycles. The van der Waals surface area contributed by atoms with Crippen LogP contribution in [-0.4, -0.2) is 20.8 Å². The molecule has 2 aromatic heterocycles. The number of hydrogen-bond donors (Lipinski definition) is 3. The number of aryl methyl sites for hydroxylation is 2. The number of H-pyrrole nitrogens is 1. The van der Waals surface area contributed by atoms with Gasteiger partial charge in [-0.15, -0.1) is 0 Å². The van der Waals surface area contributed by atoms with Crippen molar-refractivity contribution in [1.29, 1.82) is 0 Å². The van der Waals surface area contributed by atoms with E-state index in [4.69, 9.17) is 0 Å². The molecule has 0 saturated carbocycles. The van der Waals surface area contributed by atoms with Crippen LogP contribution in [0.4, 0.5) is 10.5 Å². The Bertz CT molecular complexity index is 785. The second-order valence-corrected chi connectivity index (χ2v) is 5.39. The summed E-state index contributed by atoms with van der Waals surface area (Å²) in [4.78, 5) is 12.0. The average Bonchev–Trinajstić information content (AvgIpc) is 3.15. The van der Waals surface area contributed by atoms with Crippen LogP contribution >= 0.6 is 0 Å². The highest BCUT2D eigenvalue weighted by molar-refractivity contribution is 5.89. The molecule has 0 saturated heterocycles. The van der Waals surface area contributed by atoms with Crippen molar-refractivity contribution in [2.24, 2.45) is 0 Å². The molecule has 6 nitrogen and oxygen atoms in total. The van der Waals surface area contributed by atoms with E-state index in [0.29, 0.717) is 6.54 Å². The molecule has 6 heteroatoms. The number of carbonyl (C=O) groups is 1. The van der Waals surface area contributed by atoms with Gasteiger partial charge in [0.2, 0.25) is 0 Å². The fraction of sp³-hybridized carbons (Fsp3) is 0.176. The van der Waals surface area contributed by atoms with E-state index in [-0.39, 0.29) is 6.03 Å². The van der Waals surface area contributed by atoms with Gasteiger partial charge in [0.1, 0.15) is 0 Å². The Morgan fingerprint density at radius 3 is 2.65 bits per heavy atom. The molecule has 0 atom stereocenters. The van der Waals surface area contributed by atoms with Crippen LogP contribution in [0.1, 0.15) is 17.1 Å².